The molecule has 16 heavy (non-hydrogen) atoms. The van der Waals surface area contributed by atoms with Crippen molar-refractivity contribution in [3.63, 3.8) is 0 Å². The second-order valence-electron chi connectivity index (χ2n) is 3.47. The van der Waals surface area contributed by atoms with Gasteiger partial charge in [-0.2, -0.15) is 0 Å². The number of nitrogens with one attached hydrogen (secondary N) is 1. The summed E-state index contributed by atoms with van der Waals surface area (Å²) in [6.45, 7) is 1.87. The van der Waals surface area contributed by atoms with Crippen LogP contribution in [0.2, 0.25) is 5.02 Å². The number of ether oxygens (including phenoxy) is 1. The topological polar surface area (TPSA) is 21.3 Å². The van der Waals surface area contributed by atoms with E-state index in [0.29, 0.717) is 10.0 Å². The molecule has 2 unspecified atom stereocenters. The molecule has 0 aliphatic heterocycles. The van der Waals surface area contributed by atoms with Crippen molar-refractivity contribution in [1.82, 2.24) is 5.32 Å². The summed E-state index contributed by atoms with van der Waals surface area (Å²) in [6, 6.07) is 3.20. The van der Waals surface area contributed by atoms with E-state index in [-0.39, 0.29) is 17.2 Å². The highest BCUT2D eigenvalue weighted by molar-refractivity contribution is 9.10. The molecule has 0 radical (unpaired) electrons. The van der Waals surface area contributed by atoms with Crippen molar-refractivity contribution >= 4 is 27.5 Å². The van der Waals surface area contributed by atoms with Gasteiger partial charge in [0, 0.05) is 17.1 Å². The van der Waals surface area contributed by atoms with E-state index >= 15 is 0 Å². The van der Waals surface area contributed by atoms with Gasteiger partial charge in [0.1, 0.15) is 5.82 Å². The fourth-order valence-electron chi connectivity index (χ4n) is 1.56. The van der Waals surface area contributed by atoms with E-state index in [1.54, 1.807) is 26.3 Å². The highest BCUT2D eigenvalue weighted by atomic mass is 79.9. The standard InChI is InChI=1S/C11H14BrClFNO/c1-6(16-3)11(15-2)7-4-5-8(12)9(13)10(7)14/h4-6,11,15H,1-3H3. The first kappa shape index (κ1) is 13.9. The molecule has 0 saturated carbocycles. The summed E-state index contributed by atoms with van der Waals surface area (Å²) in [5.41, 5.74) is 0.505. The number of hydrogen-bond donors (Lipinski definition) is 1. The summed E-state index contributed by atoms with van der Waals surface area (Å²) < 4.78 is 19.7. The van der Waals surface area contributed by atoms with Gasteiger partial charge in [0.15, 0.2) is 0 Å². The molecule has 1 aromatic rings. The third-order valence-corrected chi connectivity index (χ3v) is 3.81. The second kappa shape index (κ2) is 5.96. The maximum absolute atomic E-state index is 13.9. The van der Waals surface area contributed by atoms with Gasteiger partial charge in [-0.25, -0.2) is 4.39 Å². The third-order valence-electron chi connectivity index (χ3n) is 2.55. The number of halogens is 3. The van der Waals surface area contributed by atoms with Crippen LogP contribution in [-0.2, 0) is 4.74 Å². The smallest absolute Gasteiger partial charge is 0.147 e. The first-order valence-corrected chi connectivity index (χ1v) is 6.03. The van der Waals surface area contributed by atoms with Crippen molar-refractivity contribution in [2.75, 3.05) is 14.2 Å². The minimum absolute atomic E-state index is 0.0982. The van der Waals surface area contributed by atoms with Gasteiger partial charge in [0.2, 0.25) is 0 Å². The Kier molecular flexibility index (Phi) is 5.18. The molecule has 2 atom stereocenters. The minimum Gasteiger partial charge on any atom is -0.380 e. The molecule has 1 rings (SSSR count). The molecule has 0 amide bonds. The monoisotopic (exact) mass is 309 g/mol. The number of rotatable bonds is 4. The summed E-state index contributed by atoms with van der Waals surface area (Å²) in [5.74, 6) is -0.417. The number of hydrogen-bond acceptors (Lipinski definition) is 2. The van der Waals surface area contributed by atoms with Crippen LogP contribution >= 0.6 is 27.5 Å². The number of methoxy groups -OCH3 is 1. The van der Waals surface area contributed by atoms with Gasteiger partial charge in [-0.1, -0.05) is 17.7 Å². The molecule has 0 spiro atoms. The zero-order chi connectivity index (χ0) is 12.3. The van der Waals surface area contributed by atoms with Crippen LogP contribution in [0.25, 0.3) is 0 Å². The van der Waals surface area contributed by atoms with Crippen LogP contribution in [0.3, 0.4) is 0 Å². The van der Waals surface area contributed by atoms with E-state index in [2.05, 4.69) is 21.2 Å². The lowest BCUT2D eigenvalue weighted by Crippen LogP contribution is -2.29. The summed E-state index contributed by atoms with van der Waals surface area (Å²) in [7, 11) is 3.35. The quantitative estimate of drug-likeness (QED) is 0.859. The molecule has 0 aliphatic carbocycles. The Hall–Kier alpha value is -0.160. The van der Waals surface area contributed by atoms with Crippen molar-refractivity contribution in [2.24, 2.45) is 0 Å². The van der Waals surface area contributed by atoms with Gasteiger partial charge < -0.3 is 10.1 Å². The van der Waals surface area contributed by atoms with Crippen molar-refractivity contribution in [3.05, 3.63) is 33.0 Å². The van der Waals surface area contributed by atoms with Crippen LogP contribution in [0.15, 0.2) is 16.6 Å². The van der Waals surface area contributed by atoms with Crippen LogP contribution in [0.1, 0.15) is 18.5 Å². The molecule has 5 heteroatoms. The zero-order valence-corrected chi connectivity index (χ0v) is 11.7. The Morgan fingerprint density at radius 2 is 2.12 bits per heavy atom. The third kappa shape index (κ3) is 2.74. The van der Waals surface area contributed by atoms with E-state index in [1.165, 1.54) is 0 Å². The van der Waals surface area contributed by atoms with Gasteiger partial charge in [0.05, 0.1) is 17.2 Å². The average molecular weight is 311 g/mol. The maximum atomic E-state index is 13.9. The van der Waals surface area contributed by atoms with Crippen molar-refractivity contribution < 1.29 is 9.13 Å². The first-order valence-electron chi connectivity index (χ1n) is 4.86. The highest BCUT2D eigenvalue weighted by Crippen LogP contribution is 2.31. The number of likely N-dealkylation sites (N-methyl/N-ethyl adjacent to an activating group) is 1. The van der Waals surface area contributed by atoms with Crippen LogP contribution in [-0.4, -0.2) is 20.3 Å². The van der Waals surface area contributed by atoms with Gasteiger partial charge in [-0.15, -0.1) is 0 Å². The Labute approximate surface area is 108 Å². The number of benzene rings is 1. The summed E-state index contributed by atoms with van der Waals surface area (Å²) >= 11 is 9.02. The fraction of sp³-hybridized carbons (Fsp3) is 0.455. The molecule has 0 fully saturated rings. The van der Waals surface area contributed by atoms with E-state index < -0.39 is 5.82 Å². The van der Waals surface area contributed by atoms with Gasteiger partial charge in [0.25, 0.3) is 0 Å². The molecule has 0 aliphatic rings. The SMILES string of the molecule is CNC(c1ccc(Br)c(Cl)c1F)C(C)OC. The largest absolute Gasteiger partial charge is 0.380 e. The van der Waals surface area contributed by atoms with Crippen LogP contribution in [0.5, 0.6) is 0 Å². The van der Waals surface area contributed by atoms with E-state index in [1.807, 2.05) is 6.92 Å². The zero-order valence-electron chi connectivity index (χ0n) is 9.35. The van der Waals surface area contributed by atoms with Crippen LogP contribution in [0, 0.1) is 5.82 Å². The minimum atomic E-state index is -0.417. The normalized spacial score (nSPS) is 14.9. The van der Waals surface area contributed by atoms with Crippen LogP contribution < -0.4 is 5.32 Å². The van der Waals surface area contributed by atoms with E-state index in [0.717, 1.165) is 0 Å². The molecular formula is C11H14BrClFNO. The van der Waals surface area contributed by atoms with Crippen molar-refractivity contribution in [2.45, 2.75) is 19.1 Å². The van der Waals surface area contributed by atoms with Crippen molar-refractivity contribution in [3.8, 4) is 0 Å². The van der Waals surface area contributed by atoms with E-state index in [9.17, 15) is 4.39 Å². The maximum Gasteiger partial charge on any atom is 0.147 e. The van der Waals surface area contributed by atoms with Crippen LogP contribution in [0.4, 0.5) is 4.39 Å². The molecule has 0 saturated heterocycles. The molecule has 0 heterocycles. The van der Waals surface area contributed by atoms with E-state index in [4.69, 9.17) is 16.3 Å². The Morgan fingerprint density at radius 1 is 1.50 bits per heavy atom. The lowest BCUT2D eigenvalue weighted by atomic mass is 10.0. The average Bonchev–Trinajstić information content (AvgIpc) is 2.29. The highest BCUT2D eigenvalue weighted by Gasteiger charge is 2.22. The Morgan fingerprint density at radius 3 is 2.62 bits per heavy atom. The first-order chi connectivity index (χ1) is 7.52. The molecule has 90 valence electrons. The molecule has 1 aromatic carbocycles. The Bertz CT molecular complexity index is 375. The molecular weight excluding hydrogens is 296 g/mol. The van der Waals surface area contributed by atoms with Gasteiger partial charge in [-0.3, -0.25) is 0 Å². The lowest BCUT2D eigenvalue weighted by Gasteiger charge is -2.23. The second-order valence-corrected chi connectivity index (χ2v) is 4.70. The summed E-state index contributed by atoms with van der Waals surface area (Å²) in [4.78, 5) is 0. The fourth-order valence-corrected chi connectivity index (χ4v) is 2.04. The van der Waals surface area contributed by atoms with Crippen molar-refractivity contribution in [1.29, 1.82) is 0 Å². The van der Waals surface area contributed by atoms with Gasteiger partial charge >= 0.3 is 0 Å². The summed E-state index contributed by atoms with van der Waals surface area (Å²) in [6.07, 6.45) is -0.142. The molecule has 1 N–H and O–H groups in total. The molecule has 0 aromatic heterocycles. The predicted molar refractivity (Wildman–Crippen MR) is 67.4 cm³/mol. The predicted octanol–water partition coefficient (Wildman–Crippen LogP) is 3.54. The summed E-state index contributed by atoms with van der Waals surface area (Å²) in [5, 5.41) is 3.12. The Balaban J connectivity index is 3.16. The van der Waals surface area contributed by atoms with Gasteiger partial charge in [-0.05, 0) is 36.0 Å². The lowest BCUT2D eigenvalue weighted by molar-refractivity contribution is 0.0845. The molecule has 2 nitrogen and oxygen atoms in total. The molecule has 0 bridgehead atoms.